The zero-order valence-electron chi connectivity index (χ0n) is 8.08. The second-order valence-corrected chi connectivity index (χ2v) is 3.79. The molecule has 2 nitrogen and oxygen atoms in total. The van der Waals surface area contributed by atoms with Gasteiger partial charge in [0.25, 0.3) is 0 Å². The molecule has 2 atom stereocenters. The molecule has 1 fully saturated rings. The van der Waals surface area contributed by atoms with E-state index in [0.717, 1.165) is 0 Å². The molecule has 1 aliphatic rings. The zero-order valence-corrected chi connectivity index (χ0v) is 8.08. The van der Waals surface area contributed by atoms with Gasteiger partial charge < -0.3 is 0 Å². The Morgan fingerprint density at radius 3 is 2.92 bits per heavy atom. The van der Waals surface area contributed by atoms with Crippen LogP contribution in [0.4, 0.5) is 0 Å². The molecule has 1 heterocycles. The highest BCUT2D eigenvalue weighted by Crippen LogP contribution is 2.19. The van der Waals surface area contributed by atoms with Gasteiger partial charge in [0, 0.05) is 12.1 Å². The molecule has 2 unspecified atom stereocenters. The first kappa shape index (κ1) is 9.54. The van der Waals surface area contributed by atoms with Gasteiger partial charge in [0.1, 0.15) is 0 Å². The fourth-order valence-corrected chi connectivity index (χ4v) is 2.02. The Kier molecular flexibility index (Phi) is 3.55. The molecule has 0 saturated carbocycles. The minimum absolute atomic E-state index is 0.449. The largest absolute Gasteiger partial charge is 0.297 e. The highest BCUT2D eigenvalue weighted by molar-refractivity contribution is 4.84. The van der Waals surface area contributed by atoms with E-state index in [2.05, 4.69) is 24.8 Å². The maximum Gasteiger partial charge on any atom is 0.0638 e. The van der Waals surface area contributed by atoms with Crippen LogP contribution in [-0.4, -0.2) is 23.5 Å². The summed E-state index contributed by atoms with van der Waals surface area (Å²) >= 11 is 0. The molecule has 68 valence electrons. The Labute approximate surface area is 75.2 Å². The molecule has 0 aromatic rings. The molecule has 1 aliphatic heterocycles. The van der Waals surface area contributed by atoms with E-state index in [1.165, 1.54) is 25.8 Å². The van der Waals surface area contributed by atoms with E-state index in [1.807, 2.05) is 0 Å². The van der Waals surface area contributed by atoms with Crippen LogP contribution in [0.3, 0.4) is 0 Å². The Morgan fingerprint density at radius 1 is 1.58 bits per heavy atom. The molecular formula is C10H18N2. The van der Waals surface area contributed by atoms with Gasteiger partial charge in [-0.2, -0.15) is 5.26 Å². The van der Waals surface area contributed by atoms with Crippen molar-refractivity contribution in [3.05, 3.63) is 0 Å². The van der Waals surface area contributed by atoms with Crippen molar-refractivity contribution in [1.82, 2.24) is 4.90 Å². The van der Waals surface area contributed by atoms with Crippen molar-refractivity contribution < 1.29 is 0 Å². The molecule has 0 N–H and O–H groups in total. The van der Waals surface area contributed by atoms with E-state index in [4.69, 9.17) is 5.26 Å². The van der Waals surface area contributed by atoms with E-state index in [0.29, 0.717) is 18.5 Å². The molecule has 0 aromatic carbocycles. The van der Waals surface area contributed by atoms with Crippen LogP contribution in [0.25, 0.3) is 0 Å². The number of nitriles is 1. The fourth-order valence-electron chi connectivity index (χ4n) is 2.02. The summed E-state index contributed by atoms with van der Waals surface area (Å²) in [4.78, 5) is 2.46. The van der Waals surface area contributed by atoms with Crippen LogP contribution in [0.15, 0.2) is 0 Å². The quantitative estimate of drug-likeness (QED) is 0.628. The predicted octanol–water partition coefficient (Wildman–Crippen LogP) is 2.16. The maximum absolute atomic E-state index is 8.58. The van der Waals surface area contributed by atoms with Gasteiger partial charge in [0.05, 0.1) is 12.5 Å². The second kappa shape index (κ2) is 4.47. The topological polar surface area (TPSA) is 27.0 Å². The summed E-state index contributed by atoms with van der Waals surface area (Å²) in [5.74, 6) is 0. The SMILES string of the molecule is CC(CC#N)N1CCCCC1C. The molecule has 0 aromatic heterocycles. The standard InChI is InChI=1S/C10H18N2/c1-9-5-3-4-8-12(9)10(2)6-7-11/h9-10H,3-6,8H2,1-2H3. The van der Waals surface area contributed by atoms with Crippen LogP contribution in [0.2, 0.25) is 0 Å². The number of rotatable bonds is 2. The van der Waals surface area contributed by atoms with Crippen LogP contribution in [0.5, 0.6) is 0 Å². The molecule has 0 amide bonds. The predicted molar refractivity (Wildman–Crippen MR) is 49.7 cm³/mol. The lowest BCUT2D eigenvalue weighted by atomic mass is 10.0. The van der Waals surface area contributed by atoms with Crippen LogP contribution in [0.1, 0.15) is 39.5 Å². The lowest BCUT2D eigenvalue weighted by molar-refractivity contribution is 0.116. The summed E-state index contributed by atoms with van der Waals surface area (Å²) in [6.07, 6.45) is 4.64. The molecule has 0 radical (unpaired) electrons. The summed E-state index contributed by atoms with van der Waals surface area (Å²) in [7, 11) is 0. The monoisotopic (exact) mass is 166 g/mol. The van der Waals surface area contributed by atoms with E-state index in [1.54, 1.807) is 0 Å². The van der Waals surface area contributed by atoms with Crippen LogP contribution in [-0.2, 0) is 0 Å². The zero-order chi connectivity index (χ0) is 8.97. The number of piperidine rings is 1. The van der Waals surface area contributed by atoms with Crippen molar-refractivity contribution in [3.8, 4) is 6.07 Å². The Bertz CT molecular complexity index is 171. The second-order valence-electron chi connectivity index (χ2n) is 3.79. The summed E-state index contributed by atoms with van der Waals surface area (Å²) in [6, 6.07) is 3.38. The Morgan fingerprint density at radius 2 is 2.33 bits per heavy atom. The van der Waals surface area contributed by atoms with Gasteiger partial charge in [-0.1, -0.05) is 6.42 Å². The minimum Gasteiger partial charge on any atom is -0.297 e. The molecule has 1 saturated heterocycles. The number of likely N-dealkylation sites (tertiary alicyclic amines) is 1. The number of nitrogens with zero attached hydrogens (tertiary/aromatic N) is 2. The van der Waals surface area contributed by atoms with Crippen LogP contribution < -0.4 is 0 Å². The summed E-state index contributed by atoms with van der Waals surface area (Å²) in [5, 5.41) is 8.58. The van der Waals surface area contributed by atoms with Gasteiger partial charge in [-0.15, -0.1) is 0 Å². The Balaban J connectivity index is 2.43. The van der Waals surface area contributed by atoms with Crippen molar-refractivity contribution in [2.45, 2.75) is 51.6 Å². The van der Waals surface area contributed by atoms with Gasteiger partial charge in [0.2, 0.25) is 0 Å². The third-order valence-electron chi connectivity index (χ3n) is 2.81. The van der Waals surface area contributed by atoms with Gasteiger partial charge in [0.15, 0.2) is 0 Å². The normalized spacial score (nSPS) is 27.9. The van der Waals surface area contributed by atoms with Crippen molar-refractivity contribution in [2.24, 2.45) is 0 Å². The van der Waals surface area contributed by atoms with E-state index in [9.17, 15) is 0 Å². The molecular weight excluding hydrogens is 148 g/mol. The summed E-state index contributed by atoms with van der Waals surface area (Å²) in [6.45, 7) is 5.61. The summed E-state index contributed by atoms with van der Waals surface area (Å²) in [5.41, 5.74) is 0. The minimum atomic E-state index is 0.449. The van der Waals surface area contributed by atoms with Gasteiger partial charge in [-0.3, -0.25) is 4.90 Å². The van der Waals surface area contributed by atoms with E-state index in [-0.39, 0.29) is 0 Å². The van der Waals surface area contributed by atoms with E-state index < -0.39 is 0 Å². The average molecular weight is 166 g/mol. The van der Waals surface area contributed by atoms with Crippen molar-refractivity contribution in [3.63, 3.8) is 0 Å². The summed E-state index contributed by atoms with van der Waals surface area (Å²) < 4.78 is 0. The Hall–Kier alpha value is -0.550. The third-order valence-corrected chi connectivity index (χ3v) is 2.81. The third kappa shape index (κ3) is 2.22. The molecule has 0 bridgehead atoms. The van der Waals surface area contributed by atoms with Crippen molar-refractivity contribution in [1.29, 1.82) is 5.26 Å². The average Bonchev–Trinajstić information content (AvgIpc) is 2.05. The smallest absolute Gasteiger partial charge is 0.0638 e. The molecule has 12 heavy (non-hydrogen) atoms. The number of hydrogen-bond acceptors (Lipinski definition) is 2. The first-order chi connectivity index (χ1) is 5.75. The highest BCUT2D eigenvalue weighted by atomic mass is 15.2. The molecule has 0 aliphatic carbocycles. The highest BCUT2D eigenvalue weighted by Gasteiger charge is 2.22. The van der Waals surface area contributed by atoms with Gasteiger partial charge >= 0.3 is 0 Å². The van der Waals surface area contributed by atoms with Crippen LogP contribution >= 0.6 is 0 Å². The molecule has 1 rings (SSSR count). The van der Waals surface area contributed by atoms with Crippen molar-refractivity contribution >= 4 is 0 Å². The van der Waals surface area contributed by atoms with Gasteiger partial charge in [-0.05, 0) is 33.2 Å². The molecule has 0 spiro atoms. The first-order valence-corrected chi connectivity index (χ1v) is 4.88. The fraction of sp³-hybridized carbons (Fsp3) is 0.900. The lowest BCUT2D eigenvalue weighted by Crippen LogP contribution is -2.43. The lowest BCUT2D eigenvalue weighted by Gasteiger charge is -2.37. The van der Waals surface area contributed by atoms with Crippen molar-refractivity contribution in [2.75, 3.05) is 6.54 Å². The number of hydrogen-bond donors (Lipinski definition) is 0. The van der Waals surface area contributed by atoms with Gasteiger partial charge in [-0.25, -0.2) is 0 Å². The molecule has 2 heteroatoms. The van der Waals surface area contributed by atoms with E-state index >= 15 is 0 Å². The maximum atomic E-state index is 8.58. The first-order valence-electron chi connectivity index (χ1n) is 4.88. The van der Waals surface area contributed by atoms with Crippen LogP contribution in [0, 0.1) is 11.3 Å².